The summed E-state index contributed by atoms with van der Waals surface area (Å²) < 4.78 is 0. The van der Waals surface area contributed by atoms with Gasteiger partial charge >= 0.3 is 0 Å². The van der Waals surface area contributed by atoms with Crippen molar-refractivity contribution in [1.82, 2.24) is 15.3 Å². The molecule has 2 aromatic rings. The van der Waals surface area contributed by atoms with Crippen molar-refractivity contribution in [2.24, 2.45) is 5.92 Å². The van der Waals surface area contributed by atoms with Gasteiger partial charge in [-0.25, -0.2) is 9.97 Å². The van der Waals surface area contributed by atoms with Crippen LogP contribution in [-0.2, 0) is 4.79 Å². The normalized spacial score (nSPS) is 18.9. The van der Waals surface area contributed by atoms with Crippen LogP contribution in [0.15, 0.2) is 11.6 Å². The Morgan fingerprint density at radius 3 is 2.67 bits per heavy atom. The fourth-order valence-electron chi connectivity index (χ4n) is 3.67. The predicted molar refractivity (Wildman–Crippen MR) is 115 cm³/mol. The van der Waals surface area contributed by atoms with Gasteiger partial charge in [-0.05, 0) is 51.6 Å². The number of amides is 1. The van der Waals surface area contributed by atoms with Crippen LogP contribution in [0, 0.1) is 12.8 Å². The maximum atomic E-state index is 12.6. The van der Waals surface area contributed by atoms with Gasteiger partial charge in [-0.15, -0.1) is 35.1 Å². The smallest absolute Gasteiger partial charge is 0.229 e. The number of anilines is 2. The summed E-state index contributed by atoms with van der Waals surface area (Å²) >= 11 is 3.33. The zero-order chi connectivity index (χ0) is 17.9. The van der Waals surface area contributed by atoms with Crippen LogP contribution in [0.25, 0.3) is 0 Å². The number of nitrogens with one attached hydrogen (secondary N) is 2. The number of hydrogen-bond acceptors (Lipinski definition) is 7. The van der Waals surface area contributed by atoms with Crippen molar-refractivity contribution in [2.75, 3.05) is 36.4 Å². The molecule has 6 nitrogen and oxygen atoms in total. The molecule has 2 aliphatic rings. The SMILES string of the molecule is Cc1csc(N2CCC(C(=O)Nc3ncc(C4CCNCC4)s3)CC2)n1.Cl. The summed E-state index contributed by atoms with van der Waals surface area (Å²) in [6, 6.07) is 0. The Labute approximate surface area is 174 Å². The van der Waals surface area contributed by atoms with E-state index in [1.54, 1.807) is 22.7 Å². The Morgan fingerprint density at radius 1 is 1.26 bits per heavy atom. The van der Waals surface area contributed by atoms with Gasteiger partial charge in [0.05, 0.1) is 5.69 Å². The number of nitrogens with zero attached hydrogens (tertiary/aromatic N) is 3. The number of aromatic nitrogens is 2. The molecule has 1 amide bonds. The lowest BCUT2D eigenvalue weighted by Crippen LogP contribution is -2.38. The van der Waals surface area contributed by atoms with Crippen molar-refractivity contribution in [1.29, 1.82) is 0 Å². The van der Waals surface area contributed by atoms with Crippen LogP contribution in [-0.4, -0.2) is 42.1 Å². The summed E-state index contributed by atoms with van der Waals surface area (Å²) in [4.78, 5) is 25.2. The van der Waals surface area contributed by atoms with Crippen molar-refractivity contribution < 1.29 is 4.79 Å². The molecule has 0 spiro atoms. The zero-order valence-corrected chi connectivity index (χ0v) is 17.9. The topological polar surface area (TPSA) is 70.2 Å². The molecule has 2 aliphatic heterocycles. The number of aryl methyl sites for hydroxylation is 1. The third-order valence-electron chi connectivity index (χ3n) is 5.24. The molecule has 2 fully saturated rings. The molecule has 0 aliphatic carbocycles. The van der Waals surface area contributed by atoms with E-state index in [4.69, 9.17) is 0 Å². The first-order chi connectivity index (χ1) is 12.7. The first-order valence-electron chi connectivity index (χ1n) is 9.33. The van der Waals surface area contributed by atoms with Crippen LogP contribution in [0.2, 0.25) is 0 Å². The molecule has 4 heterocycles. The molecule has 2 N–H and O–H groups in total. The molecule has 4 rings (SSSR count). The van der Waals surface area contributed by atoms with E-state index in [1.165, 1.54) is 4.88 Å². The van der Waals surface area contributed by atoms with Crippen LogP contribution in [0.4, 0.5) is 10.3 Å². The number of carbonyl (C=O) groups excluding carboxylic acids is 1. The molecule has 0 unspecified atom stereocenters. The van der Waals surface area contributed by atoms with Crippen LogP contribution >= 0.6 is 35.1 Å². The Kier molecular flexibility index (Phi) is 7.08. The molecule has 0 aromatic carbocycles. The molecule has 2 saturated heterocycles. The molecule has 148 valence electrons. The van der Waals surface area contributed by atoms with Gasteiger partial charge in [0.25, 0.3) is 0 Å². The van der Waals surface area contributed by atoms with Crippen LogP contribution in [0.3, 0.4) is 0 Å². The number of halogens is 1. The molecule has 2 aromatic heterocycles. The van der Waals surface area contributed by atoms with Crippen molar-refractivity contribution in [3.05, 3.63) is 22.1 Å². The Bertz CT molecular complexity index is 751. The minimum Gasteiger partial charge on any atom is -0.348 e. The van der Waals surface area contributed by atoms with E-state index >= 15 is 0 Å². The maximum Gasteiger partial charge on any atom is 0.229 e. The van der Waals surface area contributed by atoms with E-state index in [2.05, 4.69) is 30.9 Å². The molecule has 0 saturated carbocycles. The third kappa shape index (κ3) is 4.99. The lowest BCUT2D eigenvalue weighted by Gasteiger charge is -2.30. The van der Waals surface area contributed by atoms with Crippen molar-refractivity contribution in [3.8, 4) is 0 Å². The van der Waals surface area contributed by atoms with E-state index in [0.717, 1.165) is 67.8 Å². The molecule has 0 radical (unpaired) electrons. The number of rotatable bonds is 4. The first-order valence-corrected chi connectivity index (χ1v) is 11.0. The van der Waals surface area contributed by atoms with E-state index in [-0.39, 0.29) is 24.2 Å². The average molecular weight is 428 g/mol. The molecule has 0 bridgehead atoms. The van der Waals surface area contributed by atoms with Gasteiger partial charge in [0.15, 0.2) is 10.3 Å². The molecule has 27 heavy (non-hydrogen) atoms. The highest BCUT2D eigenvalue weighted by molar-refractivity contribution is 7.15. The van der Waals surface area contributed by atoms with Gasteiger partial charge in [0.2, 0.25) is 5.91 Å². The molecule has 0 atom stereocenters. The standard InChI is InChI=1S/C18H25N5OS2.ClH/c1-12-11-25-18(21-12)23-8-4-14(5-9-23)16(24)22-17-20-10-15(26-17)13-2-6-19-7-3-13;/h10-11,13-14,19H,2-9H2,1H3,(H,20,22,24);1H. The minimum atomic E-state index is 0. The predicted octanol–water partition coefficient (Wildman–Crippen LogP) is 3.65. The van der Waals surface area contributed by atoms with Crippen molar-refractivity contribution >= 4 is 51.3 Å². The van der Waals surface area contributed by atoms with Crippen molar-refractivity contribution in [3.63, 3.8) is 0 Å². The lowest BCUT2D eigenvalue weighted by molar-refractivity contribution is -0.120. The summed E-state index contributed by atoms with van der Waals surface area (Å²) in [6.07, 6.45) is 6.01. The quantitative estimate of drug-likeness (QED) is 0.779. The summed E-state index contributed by atoms with van der Waals surface area (Å²) in [5, 5.41) is 10.3. The molecule has 9 heteroatoms. The van der Waals surface area contributed by atoms with Crippen LogP contribution in [0.1, 0.15) is 42.2 Å². The highest BCUT2D eigenvalue weighted by atomic mass is 35.5. The largest absolute Gasteiger partial charge is 0.348 e. The highest BCUT2D eigenvalue weighted by Gasteiger charge is 2.27. The Morgan fingerprint density at radius 2 is 2.00 bits per heavy atom. The fourth-order valence-corrected chi connectivity index (χ4v) is 5.51. The number of carbonyl (C=O) groups is 1. The van der Waals surface area contributed by atoms with E-state index < -0.39 is 0 Å². The van der Waals surface area contributed by atoms with Gasteiger partial charge in [-0.2, -0.15) is 0 Å². The van der Waals surface area contributed by atoms with E-state index in [1.807, 2.05) is 13.1 Å². The second kappa shape index (κ2) is 9.32. The summed E-state index contributed by atoms with van der Waals surface area (Å²) in [7, 11) is 0. The summed E-state index contributed by atoms with van der Waals surface area (Å²) in [6.45, 7) is 5.95. The van der Waals surface area contributed by atoms with Gasteiger partial charge in [-0.3, -0.25) is 4.79 Å². The molecular formula is C18H26ClN5OS2. The van der Waals surface area contributed by atoms with Crippen molar-refractivity contribution in [2.45, 2.75) is 38.5 Å². The van der Waals surface area contributed by atoms with Crippen LogP contribution < -0.4 is 15.5 Å². The number of thiazole rings is 2. The minimum absolute atomic E-state index is 0. The Hall–Kier alpha value is -1.22. The lowest BCUT2D eigenvalue weighted by atomic mass is 9.96. The van der Waals surface area contributed by atoms with E-state index in [0.29, 0.717) is 5.92 Å². The average Bonchev–Trinajstić information content (AvgIpc) is 3.32. The first kappa shape index (κ1) is 20.5. The summed E-state index contributed by atoms with van der Waals surface area (Å²) in [5.41, 5.74) is 1.07. The van der Waals surface area contributed by atoms with Gasteiger partial charge in [0, 0.05) is 35.5 Å². The number of piperidine rings is 2. The zero-order valence-electron chi connectivity index (χ0n) is 15.4. The second-order valence-electron chi connectivity index (χ2n) is 7.11. The Balaban J connectivity index is 0.00000210. The maximum absolute atomic E-state index is 12.6. The van der Waals surface area contributed by atoms with Gasteiger partial charge < -0.3 is 15.5 Å². The highest BCUT2D eigenvalue weighted by Crippen LogP contribution is 2.32. The van der Waals surface area contributed by atoms with Gasteiger partial charge in [-0.1, -0.05) is 0 Å². The van der Waals surface area contributed by atoms with Crippen LogP contribution in [0.5, 0.6) is 0 Å². The van der Waals surface area contributed by atoms with Gasteiger partial charge in [0.1, 0.15) is 0 Å². The second-order valence-corrected chi connectivity index (χ2v) is 9.01. The summed E-state index contributed by atoms with van der Waals surface area (Å²) in [5.74, 6) is 0.772. The monoisotopic (exact) mass is 427 g/mol. The van der Waals surface area contributed by atoms with E-state index in [9.17, 15) is 4.79 Å². The number of hydrogen-bond donors (Lipinski definition) is 2. The fraction of sp³-hybridized carbons (Fsp3) is 0.611. The molecular weight excluding hydrogens is 402 g/mol. The third-order valence-corrected chi connectivity index (χ3v) is 7.33.